The second-order valence-electron chi connectivity index (χ2n) is 7.63. The molecule has 32 heavy (non-hydrogen) atoms. The Hall–Kier alpha value is -3.54. The Morgan fingerprint density at radius 2 is 1.88 bits per heavy atom. The van der Waals surface area contributed by atoms with Crippen LogP contribution in [0.25, 0.3) is 6.08 Å². The minimum absolute atomic E-state index is 0.0292. The molecule has 1 aliphatic heterocycles. The fourth-order valence-corrected chi connectivity index (χ4v) is 3.66. The van der Waals surface area contributed by atoms with Gasteiger partial charge in [0.2, 0.25) is 11.8 Å². The average molecular weight is 435 g/mol. The average Bonchev–Trinajstić information content (AvgIpc) is 3.36. The fourth-order valence-electron chi connectivity index (χ4n) is 3.66. The molecule has 0 bridgehead atoms. The number of nitrogens with one attached hydrogen (secondary N) is 1. The third kappa shape index (κ3) is 6.48. The number of methoxy groups -OCH3 is 1. The number of likely N-dealkylation sites (tertiary alicyclic amines) is 1. The van der Waals surface area contributed by atoms with Gasteiger partial charge < -0.3 is 19.7 Å². The highest BCUT2D eigenvalue weighted by Gasteiger charge is 2.27. The van der Waals surface area contributed by atoms with Crippen LogP contribution < -0.4 is 14.8 Å². The lowest BCUT2D eigenvalue weighted by Crippen LogP contribution is -2.48. The molecular weight excluding hydrogens is 404 g/mol. The van der Waals surface area contributed by atoms with E-state index in [4.69, 9.17) is 9.47 Å². The maximum atomic E-state index is 13.0. The van der Waals surface area contributed by atoms with E-state index < -0.39 is 6.04 Å². The van der Waals surface area contributed by atoms with Crippen molar-refractivity contribution in [2.45, 2.75) is 25.3 Å². The second-order valence-corrected chi connectivity index (χ2v) is 7.63. The summed E-state index contributed by atoms with van der Waals surface area (Å²) in [4.78, 5) is 27.5. The SMILES string of the molecule is C=CCOc1ccc(/C=C\C(=O)N[C@@H](Cc2ccccc2)C(=O)N2CCCC2)cc1OC. The van der Waals surface area contributed by atoms with Crippen LogP contribution in [0.15, 0.2) is 67.3 Å². The number of carbonyl (C=O) groups is 2. The fraction of sp³-hybridized carbons (Fsp3) is 0.308. The summed E-state index contributed by atoms with van der Waals surface area (Å²) in [6, 6.07) is 14.5. The van der Waals surface area contributed by atoms with Gasteiger partial charge in [-0.25, -0.2) is 0 Å². The lowest BCUT2D eigenvalue weighted by Gasteiger charge is -2.23. The van der Waals surface area contributed by atoms with Gasteiger partial charge in [0, 0.05) is 25.6 Å². The lowest BCUT2D eigenvalue weighted by atomic mass is 10.0. The van der Waals surface area contributed by atoms with Crippen molar-refractivity contribution in [3.8, 4) is 11.5 Å². The van der Waals surface area contributed by atoms with Gasteiger partial charge in [0.1, 0.15) is 12.6 Å². The lowest BCUT2D eigenvalue weighted by molar-refractivity contribution is -0.134. The number of nitrogens with zero attached hydrogens (tertiary/aromatic N) is 1. The third-order valence-electron chi connectivity index (χ3n) is 5.29. The van der Waals surface area contributed by atoms with Gasteiger partial charge in [-0.2, -0.15) is 0 Å². The summed E-state index contributed by atoms with van der Waals surface area (Å²) in [6.45, 7) is 5.51. The summed E-state index contributed by atoms with van der Waals surface area (Å²) in [5, 5.41) is 2.90. The molecule has 0 unspecified atom stereocenters. The van der Waals surface area contributed by atoms with Gasteiger partial charge in [-0.05, 0) is 42.2 Å². The van der Waals surface area contributed by atoms with Crippen LogP contribution in [-0.4, -0.2) is 49.6 Å². The standard InChI is InChI=1S/C26H30N2O4/c1-3-17-32-23-13-11-21(19-24(23)31-2)12-14-25(29)27-22(18-20-9-5-4-6-10-20)26(30)28-15-7-8-16-28/h3-6,9-14,19,22H,1,7-8,15-18H2,2H3,(H,27,29)/b14-12-/t22-/m0/s1. The predicted molar refractivity (Wildman–Crippen MR) is 126 cm³/mol. The Morgan fingerprint density at radius 1 is 1.12 bits per heavy atom. The first-order valence-electron chi connectivity index (χ1n) is 10.8. The molecule has 2 aromatic carbocycles. The van der Waals surface area contributed by atoms with Crippen molar-refractivity contribution in [1.82, 2.24) is 10.2 Å². The van der Waals surface area contributed by atoms with E-state index in [2.05, 4.69) is 11.9 Å². The number of ether oxygens (including phenoxy) is 2. The maximum absolute atomic E-state index is 13.0. The molecule has 1 heterocycles. The van der Waals surface area contributed by atoms with Crippen molar-refractivity contribution < 1.29 is 19.1 Å². The van der Waals surface area contributed by atoms with Crippen LogP contribution >= 0.6 is 0 Å². The number of hydrogen-bond donors (Lipinski definition) is 1. The summed E-state index contributed by atoms with van der Waals surface area (Å²) in [7, 11) is 1.56. The van der Waals surface area contributed by atoms with Gasteiger partial charge in [-0.3, -0.25) is 9.59 Å². The van der Waals surface area contributed by atoms with Crippen molar-refractivity contribution in [1.29, 1.82) is 0 Å². The van der Waals surface area contributed by atoms with E-state index in [-0.39, 0.29) is 11.8 Å². The molecular formula is C26H30N2O4. The molecule has 168 valence electrons. The van der Waals surface area contributed by atoms with Crippen LogP contribution in [0.4, 0.5) is 0 Å². The Balaban J connectivity index is 1.69. The molecule has 0 aromatic heterocycles. The number of benzene rings is 2. The molecule has 2 amide bonds. The molecule has 0 radical (unpaired) electrons. The molecule has 0 saturated carbocycles. The zero-order valence-electron chi connectivity index (χ0n) is 18.5. The van der Waals surface area contributed by atoms with Gasteiger partial charge in [0.05, 0.1) is 7.11 Å². The van der Waals surface area contributed by atoms with Crippen molar-refractivity contribution in [2.75, 3.05) is 26.8 Å². The molecule has 1 aliphatic rings. The molecule has 1 fully saturated rings. The van der Waals surface area contributed by atoms with E-state index >= 15 is 0 Å². The van der Waals surface area contributed by atoms with Crippen molar-refractivity contribution >= 4 is 17.9 Å². The smallest absolute Gasteiger partial charge is 0.245 e. The van der Waals surface area contributed by atoms with Crippen LogP contribution in [0.2, 0.25) is 0 Å². The number of rotatable bonds is 10. The summed E-state index contributed by atoms with van der Waals surface area (Å²) in [6.07, 6.45) is 7.26. The topological polar surface area (TPSA) is 67.9 Å². The first-order chi connectivity index (χ1) is 15.6. The van der Waals surface area contributed by atoms with E-state index in [9.17, 15) is 9.59 Å². The first kappa shape index (κ1) is 23.1. The summed E-state index contributed by atoms with van der Waals surface area (Å²) >= 11 is 0. The molecule has 0 spiro atoms. The van der Waals surface area contributed by atoms with E-state index in [1.54, 1.807) is 31.4 Å². The summed E-state index contributed by atoms with van der Waals surface area (Å²) in [5.74, 6) is 0.830. The minimum Gasteiger partial charge on any atom is -0.493 e. The maximum Gasteiger partial charge on any atom is 0.245 e. The quantitative estimate of drug-likeness (QED) is 0.458. The van der Waals surface area contributed by atoms with E-state index in [1.807, 2.05) is 41.3 Å². The van der Waals surface area contributed by atoms with Crippen LogP contribution in [0, 0.1) is 0 Å². The molecule has 2 aromatic rings. The van der Waals surface area contributed by atoms with Gasteiger partial charge in [-0.1, -0.05) is 49.1 Å². The predicted octanol–water partition coefficient (Wildman–Crippen LogP) is 3.62. The van der Waals surface area contributed by atoms with Crippen molar-refractivity contribution in [3.05, 3.63) is 78.4 Å². The third-order valence-corrected chi connectivity index (χ3v) is 5.29. The molecule has 6 nitrogen and oxygen atoms in total. The van der Waals surface area contributed by atoms with E-state index in [0.29, 0.717) is 24.5 Å². The second kappa shape index (κ2) is 11.7. The zero-order chi connectivity index (χ0) is 22.8. The molecule has 3 rings (SSSR count). The number of amides is 2. The molecule has 0 aliphatic carbocycles. The van der Waals surface area contributed by atoms with E-state index in [0.717, 1.165) is 37.1 Å². The minimum atomic E-state index is -0.600. The van der Waals surface area contributed by atoms with Gasteiger partial charge in [0.25, 0.3) is 0 Å². The summed E-state index contributed by atoms with van der Waals surface area (Å²) < 4.78 is 10.9. The Morgan fingerprint density at radius 3 is 2.56 bits per heavy atom. The highest BCUT2D eigenvalue weighted by atomic mass is 16.5. The number of carbonyl (C=O) groups excluding carboxylic acids is 2. The van der Waals surface area contributed by atoms with E-state index in [1.165, 1.54) is 6.08 Å². The van der Waals surface area contributed by atoms with Crippen molar-refractivity contribution in [3.63, 3.8) is 0 Å². The van der Waals surface area contributed by atoms with Crippen molar-refractivity contribution in [2.24, 2.45) is 0 Å². The zero-order valence-corrected chi connectivity index (χ0v) is 18.5. The Bertz CT molecular complexity index is 950. The molecule has 1 N–H and O–H groups in total. The Kier molecular flexibility index (Phi) is 8.49. The highest BCUT2D eigenvalue weighted by Crippen LogP contribution is 2.28. The summed E-state index contributed by atoms with van der Waals surface area (Å²) in [5.41, 5.74) is 1.79. The Labute approximate surface area is 189 Å². The van der Waals surface area contributed by atoms with Crippen LogP contribution in [-0.2, 0) is 16.0 Å². The normalized spacial score (nSPS) is 14.2. The van der Waals surface area contributed by atoms with Crippen LogP contribution in [0.5, 0.6) is 11.5 Å². The number of hydrogen-bond acceptors (Lipinski definition) is 4. The molecule has 1 atom stereocenters. The largest absolute Gasteiger partial charge is 0.493 e. The van der Waals surface area contributed by atoms with Crippen LogP contribution in [0.1, 0.15) is 24.0 Å². The highest BCUT2D eigenvalue weighted by molar-refractivity contribution is 5.95. The molecule has 6 heteroatoms. The molecule has 1 saturated heterocycles. The first-order valence-corrected chi connectivity index (χ1v) is 10.8. The van der Waals surface area contributed by atoms with Gasteiger partial charge in [0.15, 0.2) is 11.5 Å². The monoisotopic (exact) mass is 434 g/mol. The van der Waals surface area contributed by atoms with Gasteiger partial charge >= 0.3 is 0 Å². The van der Waals surface area contributed by atoms with Gasteiger partial charge in [-0.15, -0.1) is 0 Å². The van der Waals surface area contributed by atoms with Crippen LogP contribution in [0.3, 0.4) is 0 Å².